The normalized spacial score (nSPS) is 8.29. The largest absolute Gasteiger partial charge is 0.368 e. The molecule has 4 heterocycles. The summed E-state index contributed by atoms with van der Waals surface area (Å²) >= 11 is 21.9. The molecule has 7 rings (SSSR count). The third-order valence-corrected chi connectivity index (χ3v) is 7.77. The predicted octanol–water partition coefficient (Wildman–Crippen LogP) is 10.8. The molecule has 3 aromatic carbocycles. The summed E-state index contributed by atoms with van der Waals surface area (Å²) in [5.74, 6) is 1.31. The van der Waals surface area contributed by atoms with E-state index in [9.17, 15) is 19.2 Å². The molecule has 0 aliphatic carbocycles. The number of aromatic amines is 1. The summed E-state index contributed by atoms with van der Waals surface area (Å²) in [5, 5.41) is 10.3. The van der Waals surface area contributed by atoms with Gasteiger partial charge >= 0.3 is 17.8 Å². The number of nitrogen functional groups attached to an aromatic ring is 2. The van der Waals surface area contributed by atoms with Crippen LogP contribution in [-0.4, -0.2) is 120 Å². The van der Waals surface area contributed by atoms with Gasteiger partial charge in [-0.05, 0) is 82.8 Å². The smallest absolute Gasteiger partial charge is 0.351 e. The fourth-order valence-corrected chi connectivity index (χ4v) is 4.95. The van der Waals surface area contributed by atoms with Gasteiger partial charge < -0.3 is 59.1 Å². The van der Waals surface area contributed by atoms with Crippen LogP contribution in [0.5, 0.6) is 0 Å². The number of nitrogens with zero attached hydrogens (tertiary/aromatic N) is 15. The number of aliphatic imine (C=N–C) groups is 1. The first-order valence-corrected chi connectivity index (χ1v) is 23.6. The molecule has 0 saturated carbocycles. The Labute approximate surface area is 577 Å². The molecular formula is C49H73Cl4N22O4Y3-3. The van der Waals surface area contributed by atoms with Gasteiger partial charge in [0.25, 0.3) is 0 Å². The zero-order valence-corrected chi connectivity index (χ0v) is 59.4. The molecule has 33 heteroatoms. The van der Waals surface area contributed by atoms with Crippen molar-refractivity contribution >= 4 is 123 Å². The summed E-state index contributed by atoms with van der Waals surface area (Å²) in [6.07, 6.45) is 1.46. The van der Waals surface area contributed by atoms with Gasteiger partial charge in [0.15, 0.2) is 0 Å². The third-order valence-electron chi connectivity index (χ3n) is 7.10. The molecule has 26 nitrogen and oxygen atoms in total. The monoisotopic (exact) mass is 1440 g/mol. The molecule has 82 heavy (non-hydrogen) atoms. The average molecular weight is 1440 g/mol. The van der Waals surface area contributed by atoms with Gasteiger partial charge in [0.05, 0.1) is 5.69 Å². The zero-order valence-electron chi connectivity index (χ0n) is 47.9. The van der Waals surface area contributed by atoms with Gasteiger partial charge in [-0.1, -0.05) is 104 Å². The van der Waals surface area contributed by atoms with Crippen LogP contribution in [-0.2, 0) is 103 Å². The van der Waals surface area contributed by atoms with Crippen molar-refractivity contribution in [1.82, 2.24) is 59.8 Å². The van der Waals surface area contributed by atoms with E-state index >= 15 is 0 Å². The molecule has 0 spiro atoms. The van der Waals surface area contributed by atoms with Crippen molar-refractivity contribution in [2.75, 3.05) is 89.7 Å². The molecule has 0 saturated heterocycles. The Hall–Kier alpha value is -5.11. The first-order chi connectivity index (χ1) is 35.8. The second-order valence-electron chi connectivity index (χ2n) is 13.1. The van der Waals surface area contributed by atoms with Crippen LogP contribution in [0.3, 0.4) is 0 Å². The number of hydrogen-bond acceptors (Lipinski definition) is 21. The molecule has 0 bridgehead atoms. The SMILES string of the molecule is C.CC.CC.CC.CN(C)c1nc(Cl)nc(NC(=O)Nc2ccccc2)n1.CN(C)c1nc(N)nc(Cl)n1.CN(C)c1nc(NC(=O)Nc2ccccc2)[nH]c(=O)n1.Nc1nc(Cl)nc(Cl)n1.O=C=Nc1ccccc1.[CH3-].[CH3-].[CH3-].[Y].[Y].[Y]. The number of nitrogens with two attached hydrogens (primary N) is 2. The number of H-pyrrole nitrogens is 1. The molecule has 9 N–H and O–H groups in total. The van der Waals surface area contributed by atoms with Crippen LogP contribution in [0.2, 0.25) is 21.1 Å². The Balaban J connectivity index is -0.000000138. The van der Waals surface area contributed by atoms with Crippen LogP contribution in [0.15, 0.2) is 101 Å². The summed E-state index contributed by atoms with van der Waals surface area (Å²) < 4.78 is 0. The molecule has 443 valence electrons. The van der Waals surface area contributed by atoms with E-state index in [1.54, 1.807) is 106 Å². The van der Waals surface area contributed by atoms with E-state index in [2.05, 4.69) is 86.1 Å². The fraction of sp³-hybridized carbons (Fsp3) is 0.265. The second-order valence-corrected chi connectivity index (χ2v) is 14.5. The van der Waals surface area contributed by atoms with Crippen molar-refractivity contribution < 1.29 is 113 Å². The maximum Gasteiger partial charge on any atom is 0.351 e. The van der Waals surface area contributed by atoms with E-state index in [0.717, 1.165) is 0 Å². The molecule has 4 amide bonds. The van der Waals surface area contributed by atoms with Gasteiger partial charge in [-0.3, -0.25) is 15.6 Å². The van der Waals surface area contributed by atoms with Crippen molar-refractivity contribution in [2.24, 2.45) is 4.99 Å². The first kappa shape index (κ1) is 93.3. The minimum absolute atomic E-state index is 0. The van der Waals surface area contributed by atoms with Crippen molar-refractivity contribution in [2.45, 2.75) is 49.0 Å². The van der Waals surface area contributed by atoms with Crippen LogP contribution in [0.1, 0.15) is 49.0 Å². The number of para-hydroxylation sites is 3. The molecule has 3 radical (unpaired) electrons. The number of anilines is 9. The van der Waals surface area contributed by atoms with E-state index in [0.29, 0.717) is 29.0 Å². The Morgan fingerprint density at radius 2 is 0.829 bits per heavy atom. The maximum atomic E-state index is 11.8. The molecule has 0 unspecified atom stereocenters. The molecule has 0 atom stereocenters. The van der Waals surface area contributed by atoms with Crippen LogP contribution in [0.25, 0.3) is 0 Å². The Morgan fingerprint density at radius 1 is 0.488 bits per heavy atom. The Kier molecular flexibility index (Phi) is 62.7. The maximum absolute atomic E-state index is 11.8. The fourth-order valence-electron chi connectivity index (χ4n) is 4.25. The Morgan fingerprint density at radius 3 is 1.21 bits per heavy atom. The number of rotatable bonds is 8. The van der Waals surface area contributed by atoms with E-state index < -0.39 is 17.8 Å². The quantitative estimate of drug-likeness (QED) is 0.0422. The van der Waals surface area contributed by atoms with Crippen LogP contribution in [0.4, 0.5) is 68.3 Å². The summed E-state index contributed by atoms with van der Waals surface area (Å²) in [5.41, 5.74) is 11.8. The molecule has 0 aliphatic heterocycles. The molecular weight excluding hydrogens is 1370 g/mol. The van der Waals surface area contributed by atoms with Gasteiger partial charge in [0.1, 0.15) is 0 Å². The summed E-state index contributed by atoms with van der Waals surface area (Å²) in [4.78, 5) is 96.4. The van der Waals surface area contributed by atoms with Crippen molar-refractivity contribution in [3.63, 3.8) is 0 Å². The molecule has 0 fully saturated rings. The number of carbonyl (C=O) groups excluding carboxylic acids is 3. The predicted molar refractivity (Wildman–Crippen MR) is 326 cm³/mol. The van der Waals surface area contributed by atoms with E-state index in [1.165, 1.54) is 6.08 Å². The summed E-state index contributed by atoms with van der Waals surface area (Å²) in [6, 6.07) is 26.0. The van der Waals surface area contributed by atoms with Crippen LogP contribution in [0, 0.1) is 22.3 Å². The third kappa shape index (κ3) is 42.7. The van der Waals surface area contributed by atoms with Crippen LogP contribution < -0.4 is 53.1 Å². The van der Waals surface area contributed by atoms with Gasteiger partial charge in [-0.15, -0.1) is 0 Å². The number of nitrogens with one attached hydrogen (secondary N) is 5. The summed E-state index contributed by atoms with van der Waals surface area (Å²) in [7, 11) is 10.5. The van der Waals surface area contributed by atoms with Gasteiger partial charge in [0, 0.05) is 152 Å². The number of benzene rings is 3. The van der Waals surface area contributed by atoms with Gasteiger partial charge in [-0.25, -0.2) is 19.2 Å². The minimum Gasteiger partial charge on any atom is -0.368 e. The molecule has 0 aliphatic rings. The number of halogens is 4. The van der Waals surface area contributed by atoms with Crippen molar-refractivity contribution in [1.29, 1.82) is 0 Å². The minimum atomic E-state index is -0.585. The number of carbonyl (C=O) groups is 2. The number of hydrogen-bond donors (Lipinski definition) is 7. The van der Waals surface area contributed by atoms with Gasteiger partial charge in [0.2, 0.25) is 68.9 Å². The zero-order chi connectivity index (χ0) is 56.9. The summed E-state index contributed by atoms with van der Waals surface area (Å²) in [6.45, 7) is 12.0. The Bertz CT molecular complexity index is 2780. The molecule has 4 aromatic heterocycles. The number of isocyanates is 1. The van der Waals surface area contributed by atoms with Gasteiger partial charge in [-0.2, -0.15) is 59.8 Å². The number of urea groups is 2. The second kappa shape index (κ2) is 55.1. The van der Waals surface area contributed by atoms with E-state index in [1.807, 2.05) is 84.0 Å². The topological polar surface area (TPSA) is 348 Å². The number of aromatic nitrogens is 12. The first-order valence-electron chi connectivity index (χ1n) is 22.1. The molecule has 7 aromatic rings. The van der Waals surface area contributed by atoms with E-state index in [4.69, 9.17) is 57.9 Å². The number of amides is 4. The van der Waals surface area contributed by atoms with Crippen molar-refractivity contribution in [3.05, 3.63) is 145 Å². The standard InChI is InChI=1S/C12H13ClN6O.C12H14N6O2.C7H5NO.C5H8ClN5.C3H2Cl2N4.3C2H6.CH4.3CH3.3Y/c1-19(2)11-16-9(13)15-10(17-11)18-12(20)14-8-6-4-3-5-7-8;1-18(2)10-14-9(16-12(20)17-10)15-11(19)13-8-6-4-3-5-7-8;9-6-8-7-4-2-1-3-5-7;1-11(2)5-9-3(6)8-4(7)10-5;4-1-7-2(5)9-3(6)8-1;3*1-2;;;;;;;/h3-7H,1-2H3,(H2,14,15,16,17,18,20);3-7H,1-2H3,(H3,13,14,15,16,17,19,20);1-5H;1-2H3,(H2,7,8,9,10);(H2,6,7,8,9);3*1-2H3;1H4;3*1H3;;;/q;;;;;;;;;3*-1;;;. The average Bonchev–Trinajstić information content (AvgIpc) is 3.36. The van der Waals surface area contributed by atoms with E-state index in [-0.39, 0.29) is 179 Å². The van der Waals surface area contributed by atoms with Crippen molar-refractivity contribution in [3.8, 4) is 0 Å². The van der Waals surface area contributed by atoms with Crippen LogP contribution >= 0.6 is 46.4 Å².